The highest BCUT2D eigenvalue weighted by Crippen LogP contribution is 2.46. The third kappa shape index (κ3) is 10.4. The summed E-state index contributed by atoms with van der Waals surface area (Å²) in [7, 11) is -2.06. The van der Waals surface area contributed by atoms with E-state index in [0.717, 1.165) is 35.3 Å². The molecule has 0 spiro atoms. The van der Waals surface area contributed by atoms with Crippen LogP contribution in [0.3, 0.4) is 0 Å². The normalized spacial score (nSPS) is 27.0. The second-order valence-corrected chi connectivity index (χ2v) is 24.5. The molecule has 7 rings (SSSR count). The van der Waals surface area contributed by atoms with Gasteiger partial charge in [0.2, 0.25) is 17.7 Å². The number of esters is 1. The molecule has 2 fully saturated rings. The molecule has 0 bridgehead atoms. The SMILES string of the molecule is CC1C=C2C=CC(C)C(CC[C@@H]3C[C@@H](O[Si](C)(C)C(C)(C)C)CC(=O)O3)C2C(OC(=O)NCCc2ccc(CC(=O)Nc3cccc4c3C(=O)N(C3CCC(=O)NC3=O)C4=O)cc2)C1. The number of alkyl carbamates (subject to hydrolysis) is 1. The van der Waals surface area contributed by atoms with E-state index in [1.165, 1.54) is 17.7 Å². The largest absolute Gasteiger partial charge is 0.462 e. The third-order valence-electron chi connectivity index (χ3n) is 14.0. The third-order valence-corrected chi connectivity index (χ3v) is 18.5. The zero-order valence-electron chi connectivity index (χ0n) is 38.0. The summed E-state index contributed by atoms with van der Waals surface area (Å²) in [5.41, 5.74) is 3.12. The Morgan fingerprint density at radius 3 is 2.41 bits per heavy atom. The van der Waals surface area contributed by atoms with Gasteiger partial charge < -0.3 is 24.5 Å². The molecule has 8 atom stereocenters. The Morgan fingerprint density at radius 2 is 1.69 bits per heavy atom. The molecule has 3 N–H and O–H groups in total. The first-order chi connectivity index (χ1) is 30.3. The molecule has 5 aliphatic rings. The molecule has 342 valence electrons. The Bertz CT molecular complexity index is 2250. The van der Waals surface area contributed by atoms with E-state index < -0.39 is 50.0 Å². The highest BCUT2D eigenvalue weighted by atomic mass is 28.4. The minimum absolute atomic E-state index is 0.00232. The van der Waals surface area contributed by atoms with Crippen LogP contribution in [0.15, 0.2) is 66.3 Å². The molecule has 2 saturated heterocycles. The number of benzene rings is 2. The van der Waals surface area contributed by atoms with Gasteiger partial charge in [0.15, 0.2) is 8.32 Å². The number of hydrogen-bond donors (Lipinski definition) is 3. The Hall–Kier alpha value is -5.41. The number of anilines is 1. The van der Waals surface area contributed by atoms with Crippen molar-refractivity contribution in [2.24, 2.45) is 23.7 Å². The predicted molar refractivity (Wildman–Crippen MR) is 241 cm³/mol. The van der Waals surface area contributed by atoms with Crippen LogP contribution in [0.25, 0.3) is 0 Å². The van der Waals surface area contributed by atoms with Crippen LogP contribution in [-0.4, -0.2) is 85.7 Å². The summed E-state index contributed by atoms with van der Waals surface area (Å²) < 4.78 is 18.7. The molecular formula is C49H62N4O10Si. The van der Waals surface area contributed by atoms with Gasteiger partial charge in [0, 0.05) is 25.3 Å². The second-order valence-electron chi connectivity index (χ2n) is 19.8. The number of nitrogens with zero attached hydrogens (tertiary/aromatic N) is 1. The van der Waals surface area contributed by atoms with E-state index >= 15 is 0 Å². The van der Waals surface area contributed by atoms with Crippen LogP contribution in [0.5, 0.6) is 0 Å². The summed E-state index contributed by atoms with van der Waals surface area (Å²) in [4.78, 5) is 90.9. The number of imide groups is 2. The van der Waals surface area contributed by atoms with Gasteiger partial charge in [-0.15, -0.1) is 0 Å². The molecule has 15 heteroatoms. The van der Waals surface area contributed by atoms with Gasteiger partial charge in [-0.05, 0) is 96.8 Å². The summed E-state index contributed by atoms with van der Waals surface area (Å²) in [6.45, 7) is 15.8. The van der Waals surface area contributed by atoms with Gasteiger partial charge >= 0.3 is 12.1 Å². The average molecular weight is 895 g/mol. The molecule has 0 aromatic heterocycles. The number of nitrogens with one attached hydrogen (secondary N) is 3. The van der Waals surface area contributed by atoms with Crippen molar-refractivity contribution in [2.75, 3.05) is 11.9 Å². The summed E-state index contributed by atoms with van der Waals surface area (Å²) in [5, 5.41) is 7.92. The van der Waals surface area contributed by atoms with Crippen molar-refractivity contribution in [3.63, 3.8) is 0 Å². The number of carbonyl (C=O) groups excluding carboxylic acids is 7. The maximum atomic E-state index is 13.4. The Kier molecular flexibility index (Phi) is 13.8. The Morgan fingerprint density at radius 1 is 0.953 bits per heavy atom. The summed E-state index contributed by atoms with van der Waals surface area (Å²) >= 11 is 0. The fraction of sp³-hybridized carbons (Fsp3) is 0.531. The second kappa shape index (κ2) is 19.0. The molecule has 2 aliphatic carbocycles. The monoisotopic (exact) mass is 894 g/mol. The number of allylic oxidation sites excluding steroid dienone is 3. The molecule has 0 saturated carbocycles. The number of amides is 6. The molecule has 3 aliphatic heterocycles. The first-order valence-electron chi connectivity index (χ1n) is 22.7. The Labute approximate surface area is 376 Å². The van der Waals surface area contributed by atoms with Crippen LogP contribution in [0.1, 0.15) is 111 Å². The maximum absolute atomic E-state index is 13.4. The smallest absolute Gasteiger partial charge is 0.407 e. The molecular weight excluding hydrogens is 833 g/mol. The fourth-order valence-electron chi connectivity index (χ4n) is 9.62. The van der Waals surface area contributed by atoms with Gasteiger partial charge in [-0.2, -0.15) is 0 Å². The lowest BCUT2D eigenvalue weighted by molar-refractivity contribution is -0.160. The predicted octanol–water partition coefficient (Wildman–Crippen LogP) is 7.19. The highest BCUT2D eigenvalue weighted by molar-refractivity contribution is 6.74. The number of carbonyl (C=O) groups is 7. The molecule has 64 heavy (non-hydrogen) atoms. The van der Waals surface area contributed by atoms with Gasteiger partial charge in [-0.3, -0.25) is 39.0 Å². The topological polar surface area (TPSA) is 187 Å². The lowest BCUT2D eigenvalue weighted by atomic mass is 9.65. The summed E-state index contributed by atoms with van der Waals surface area (Å²) in [5.74, 6) is -2.38. The number of hydrogen-bond acceptors (Lipinski definition) is 10. The number of ether oxygens (including phenoxy) is 2. The zero-order chi connectivity index (χ0) is 46.1. The maximum Gasteiger partial charge on any atom is 0.407 e. The van der Waals surface area contributed by atoms with Crippen LogP contribution in [0.2, 0.25) is 18.1 Å². The van der Waals surface area contributed by atoms with Crippen molar-refractivity contribution in [1.82, 2.24) is 15.5 Å². The number of piperidine rings is 1. The fourth-order valence-corrected chi connectivity index (χ4v) is 11.0. The molecule has 6 amide bonds. The van der Waals surface area contributed by atoms with Gasteiger partial charge in [-0.1, -0.05) is 83.2 Å². The first kappa shape index (κ1) is 46.6. The van der Waals surface area contributed by atoms with E-state index in [4.69, 9.17) is 13.9 Å². The van der Waals surface area contributed by atoms with Gasteiger partial charge in [0.05, 0.1) is 35.8 Å². The zero-order valence-corrected chi connectivity index (χ0v) is 39.0. The minimum atomic E-state index is -2.06. The van der Waals surface area contributed by atoms with E-state index in [2.05, 4.69) is 81.9 Å². The van der Waals surface area contributed by atoms with Crippen molar-refractivity contribution in [1.29, 1.82) is 0 Å². The Balaban J connectivity index is 0.895. The molecule has 2 aromatic carbocycles. The lowest BCUT2D eigenvalue weighted by Gasteiger charge is -2.44. The van der Waals surface area contributed by atoms with Gasteiger partial charge in [-0.25, -0.2) is 4.79 Å². The van der Waals surface area contributed by atoms with Crippen molar-refractivity contribution in [3.8, 4) is 0 Å². The summed E-state index contributed by atoms with van der Waals surface area (Å²) in [6, 6.07) is 10.9. The number of rotatable bonds is 13. The minimum Gasteiger partial charge on any atom is -0.462 e. The van der Waals surface area contributed by atoms with Crippen LogP contribution >= 0.6 is 0 Å². The summed E-state index contributed by atoms with van der Waals surface area (Å²) in [6.07, 6.45) is 9.43. The quantitative estimate of drug-likeness (QED) is 0.106. The lowest BCUT2D eigenvalue weighted by Crippen LogP contribution is -2.54. The van der Waals surface area contributed by atoms with E-state index in [1.807, 2.05) is 24.3 Å². The van der Waals surface area contributed by atoms with Crippen molar-refractivity contribution in [2.45, 2.75) is 135 Å². The molecule has 3 heterocycles. The van der Waals surface area contributed by atoms with Crippen LogP contribution in [0, 0.1) is 23.7 Å². The van der Waals surface area contributed by atoms with E-state index in [0.29, 0.717) is 25.8 Å². The van der Waals surface area contributed by atoms with Crippen molar-refractivity contribution >= 4 is 55.6 Å². The van der Waals surface area contributed by atoms with Gasteiger partial charge in [0.25, 0.3) is 11.8 Å². The van der Waals surface area contributed by atoms with Crippen LogP contribution in [-0.2, 0) is 45.9 Å². The van der Waals surface area contributed by atoms with Crippen molar-refractivity contribution in [3.05, 3.63) is 88.5 Å². The molecule has 0 radical (unpaired) electrons. The first-order valence-corrected chi connectivity index (χ1v) is 25.6. The average Bonchev–Trinajstić information content (AvgIpc) is 3.46. The molecule has 14 nitrogen and oxygen atoms in total. The van der Waals surface area contributed by atoms with E-state index in [9.17, 15) is 33.6 Å². The van der Waals surface area contributed by atoms with Crippen LogP contribution < -0.4 is 16.0 Å². The van der Waals surface area contributed by atoms with Crippen LogP contribution in [0.4, 0.5) is 10.5 Å². The van der Waals surface area contributed by atoms with Crippen molar-refractivity contribution < 1.29 is 47.5 Å². The number of fused-ring (bicyclic) bond motifs is 2. The standard InChI is InChI=1S/C49H62N4O10Si/c1-28-23-32-16-11-29(2)35(18-17-33-26-34(27-42(56)61-33)63-64(6,7)49(3,4)5)43(32)39(24-28)62-48(60)50-22-21-30-12-14-31(15-13-30)25-41(55)51-37-10-8-9-36-44(37)47(59)53(46(36)58)38-19-20-40(54)52-45(38)57/h8-16,23,28-29,33-35,38-39,43H,17-22,24-27H2,1-7H3,(H,50,60)(H,51,55)(H,52,54,57)/t28?,29?,33-,34-,35?,38?,39?,43?/m1/s1. The van der Waals surface area contributed by atoms with E-state index in [1.54, 1.807) is 6.07 Å². The number of cyclic esters (lactones) is 1. The van der Waals surface area contributed by atoms with Gasteiger partial charge in [0.1, 0.15) is 18.2 Å². The highest BCUT2D eigenvalue weighted by Gasteiger charge is 2.47. The van der Waals surface area contributed by atoms with E-state index in [-0.39, 0.29) is 89.1 Å². The molecule has 2 aromatic rings. The molecule has 6 unspecified atom stereocenters.